The van der Waals surface area contributed by atoms with Crippen LogP contribution in [0.1, 0.15) is 109 Å². The van der Waals surface area contributed by atoms with E-state index in [1.54, 1.807) is 35.0 Å². The molecular weight excluding hydrogens is 788 g/mol. The first-order valence-electron chi connectivity index (χ1n) is 14.8. The number of aliphatic carboxylic acids is 1. The summed E-state index contributed by atoms with van der Waals surface area (Å²) in [7, 11) is 0. The lowest BCUT2D eigenvalue weighted by molar-refractivity contribution is -0.163. The van der Waals surface area contributed by atoms with Gasteiger partial charge < -0.3 is 19.7 Å². The van der Waals surface area contributed by atoms with Crippen LogP contribution in [0.5, 0.6) is 0 Å². The fourth-order valence-electron chi connectivity index (χ4n) is 4.75. The molecule has 0 spiro atoms. The van der Waals surface area contributed by atoms with Gasteiger partial charge in [0.15, 0.2) is 11.6 Å². The van der Waals surface area contributed by atoms with Gasteiger partial charge in [0.25, 0.3) is 0 Å². The Kier molecular flexibility index (Phi) is 14.5. The van der Waals surface area contributed by atoms with Crippen molar-refractivity contribution >= 4 is 116 Å². The van der Waals surface area contributed by atoms with Gasteiger partial charge in [0.2, 0.25) is 11.6 Å². The van der Waals surface area contributed by atoms with E-state index < -0.39 is 11.9 Å². The number of cyclic esters (lactones) is 2. The number of ether oxygens (including phenoxy) is 2. The third kappa shape index (κ3) is 9.91. The third-order valence-electron chi connectivity index (χ3n) is 6.99. The number of rotatable bonds is 7. The van der Waals surface area contributed by atoms with Crippen LogP contribution in [0.3, 0.4) is 0 Å². The maximum Gasteiger partial charge on any atom is 0.313 e. The van der Waals surface area contributed by atoms with Gasteiger partial charge in [-0.25, -0.2) is 0 Å². The van der Waals surface area contributed by atoms with Crippen LogP contribution >= 0.6 is 68.5 Å². The molecular formula is C33H26Cl2O12S4. The number of carbonyl (C=O) groups is 8. The van der Waals surface area contributed by atoms with Gasteiger partial charge in [-0.05, 0) is 47.9 Å². The SMILES string of the molecule is ClCCl.O=C(O)CCCC(=O)OCc1cc2c(s1)C(=O)c1sccc1C2=O.O=C1CCCC(=O)O1.O=C1c2ccsc2C(=O)c2sc(CO)cc21. The molecule has 0 atom stereocenters. The zero-order chi connectivity index (χ0) is 37.2. The predicted octanol–water partition coefficient (Wildman–Crippen LogP) is 6.62. The third-order valence-corrected chi connectivity index (χ3v) is 11.0. The number of halogens is 2. The summed E-state index contributed by atoms with van der Waals surface area (Å²) >= 11 is 14.4. The van der Waals surface area contributed by atoms with Gasteiger partial charge >= 0.3 is 23.9 Å². The van der Waals surface area contributed by atoms with E-state index in [0.717, 1.165) is 11.3 Å². The quantitative estimate of drug-likeness (QED) is 0.0995. The fraction of sp³-hybridized carbons (Fsp3) is 0.273. The maximum absolute atomic E-state index is 12.4. The Balaban J connectivity index is 0.000000184. The number of fused-ring (bicyclic) bond motifs is 4. The summed E-state index contributed by atoms with van der Waals surface area (Å²) in [6.45, 7) is -0.163. The molecule has 4 aromatic rings. The fourth-order valence-corrected chi connectivity index (χ4v) is 8.52. The average molecular weight is 814 g/mol. The first-order chi connectivity index (χ1) is 24.4. The molecule has 1 saturated heterocycles. The van der Waals surface area contributed by atoms with Crippen molar-refractivity contribution in [2.75, 3.05) is 5.34 Å². The van der Waals surface area contributed by atoms with E-state index in [2.05, 4.69) is 4.74 Å². The largest absolute Gasteiger partial charge is 0.481 e. The topological polar surface area (TPSA) is 195 Å². The van der Waals surface area contributed by atoms with Crippen molar-refractivity contribution in [1.82, 2.24) is 0 Å². The van der Waals surface area contributed by atoms with Crippen LogP contribution in [-0.4, -0.2) is 62.6 Å². The first kappa shape index (κ1) is 39.9. The molecule has 1 aliphatic heterocycles. The molecule has 12 nitrogen and oxygen atoms in total. The maximum atomic E-state index is 12.4. The second-order valence-corrected chi connectivity index (χ2v) is 15.3. The van der Waals surface area contributed by atoms with Gasteiger partial charge in [0.05, 0.1) is 31.5 Å². The Morgan fingerprint density at radius 1 is 0.725 bits per heavy atom. The summed E-state index contributed by atoms with van der Waals surface area (Å²) in [5, 5.41) is 21.2. The van der Waals surface area contributed by atoms with Crippen molar-refractivity contribution in [3.8, 4) is 0 Å². The second kappa shape index (κ2) is 18.5. The molecule has 0 amide bonds. The summed E-state index contributed by atoms with van der Waals surface area (Å²) in [6.07, 6.45) is 1.59. The molecule has 2 N–H and O–H groups in total. The van der Waals surface area contributed by atoms with Crippen molar-refractivity contribution in [2.45, 2.75) is 51.7 Å². The number of aliphatic hydroxyl groups excluding tert-OH is 1. The lowest BCUT2D eigenvalue weighted by Crippen LogP contribution is -2.17. The first-order valence-corrected chi connectivity index (χ1v) is 19.3. The lowest BCUT2D eigenvalue weighted by Gasteiger charge is -2.08. The molecule has 51 heavy (non-hydrogen) atoms. The summed E-state index contributed by atoms with van der Waals surface area (Å²) in [5.74, 6) is -2.79. The average Bonchev–Trinajstić information content (AvgIpc) is 3.92. The number of carboxylic acids is 1. The van der Waals surface area contributed by atoms with Gasteiger partial charge in [0.1, 0.15) is 6.61 Å². The molecule has 5 heterocycles. The molecule has 3 aliphatic rings. The van der Waals surface area contributed by atoms with Crippen LogP contribution in [0.2, 0.25) is 0 Å². The lowest BCUT2D eigenvalue weighted by atomic mass is 9.95. The zero-order valence-electron chi connectivity index (χ0n) is 26.2. The molecule has 0 bridgehead atoms. The van der Waals surface area contributed by atoms with Crippen LogP contribution in [0, 0.1) is 0 Å². The van der Waals surface area contributed by atoms with E-state index in [-0.39, 0.29) is 72.9 Å². The second-order valence-electron chi connectivity index (χ2n) is 10.4. The molecule has 7 rings (SSSR count). The Bertz CT molecular complexity index is 1890. The highest BCUT2D eigenvalue weighted by Crippen LogP contribution is 2.37. The number of carboxylic acid groups (broad SMARTS) is 1. The minimum atomic E-state index is -0.960. The molecule has 0 unspecified atom stereocenters. The molecule has 4 aromatic heterocycles. The number of alkyl halides is 2. The summed E-state index contributed by atoms with van der Waals surface area (Å²) in [5.41, 5.74) is 1.70. The number of carbonyl (C=O) groups excluding carboxylic acids is 7. The molecule has 1 fully saturated rings. The zero-order valence-corrected chi connectivity index (χ0v) is 31.0. The van der Waals surface area contributed by atoms with Gasteiger partial charge in [-0.3, -0.25) is 38.4 Å². The Morgan fingerprint density at radius 3 is 1.67 bits per heavy atom. The van der Waals surface area contributed by atoms with E-state index in [1.807, 2.05) is 0 Å². The van der Waals surface area contributed by atoms with Crippen molar-refractivity contribution < 1.29 is 58.0 Å². The smallest absolute Gasteiger partial charge is 0.313 e. The molecule has 0 aromatic carbocycles. The highest BCUT2D eigenvalue weighted by molar-refractivity contribution is 7.18. The minimum Gasteiger partial charge on any atom is -0.481 e. The minimum absolute atomic E-state index is 0.0204. The van der Waals surface area contributed by atoms with Crippen LogP contribution in [-0.2, 0) is 41.9 Å². The highest BCUT2D eigenvalue weighted by Gasteiger charge is 2.34. The van der Waals surface area contributed by atoms with E-state index in [1.165, 1.54) is 34.0 Å². The number of thiophene rings is 4. The predicted molar refractivity (Wildman–Crippen MR) is 190 cm³/mol. The summed E-state index contributed by atoms with van der Waals surface area (Å²) < 4.78 is 9.28. The Labute approximate surface area is 315 Å². The van der Waals surface area contributed by atoms with Crippen LogP contribution in [0.25, 0.3) is 0 Å². The van der Waals surface area contributed by atoms with Gasteiger partial charge in [-0.2, -0.15) is 0 Å². The number of esters is 3. The monoisotopic (exact) mass is 812 g/mol. The van der Waals surface area contributed by atoms with Crippen molar-refractivity contribution in [1.29, 1.82) is 0 Å². The van der Waals surface area contributed by atoms with Crippen molar-refractivity contribution in [3.63, 3.8) is 0 Å². The molecule has 18 heteroatoms. The molecule has 0 saturated carbocycles. The van der Waals surface area contributed by atoms with Crippen molar-refractivity contribution in [2.24, 2.45) is 0 Å². The highest BCUT2D eigenvalue weighted by atomic mass is 35.5. The Morgan fingerprint density at radius 2 is 1.22 bits per heavy atom. The summed E-state index contributed by atoms with van der Waals surface area (Å²) in [6, 6.07) is 6.52. The van der Waals surface area contributed by atoms with E-state index in [0.29, 0.717) is 70.8 Å². The van der Waals surface area contributed by atoms with E-state index in [9.17, 15) is 38.4 Å². The standard InChI is InChI=1S/C16H12O6S2.C11H6O3S2.C5H6O3.CH2Cl2/c17-11(18)2-1-3-12(19)22-7-8-6-10-13(20)9-4-5-23-15(9)14(21)16(10)24-8;12-4-5-3-7-8(13)6-1-2-15-10(6)9(14)11(7)16-5;6-4-2-1-3-5(7)8-4;2-1-3/h4-6H,1-3,7H2,(H,17,18);1-3,12H,4H2;1-3H2;1H2. The molecule has 2 aliphatic carbocycles. The van der Waals surface area contributed by atoms with Gasteiger partial charge in [0, 0.05) is 57.7 Å². The van der Waals surface area contributed by atoms with E-state index >= 15 is 0 Å². The van der Waals surface area contributed by atoms with Gasteiger partial charge in [-0.15, -0.1) is 68.5 Å². The summed E-state index contributed by atoms with van der Waals surface area (Å²) in [4.78, 5) is 94.3. The Hall–Kier alpha value is -3.90. The van der Waals surface area contributed by atoms with Crippen LogP contribution < -0.4 is 0 Å². The number of hydrogen-bond donors (Lipinski definition) is 2. The number of hydrogen-bond acceptors (Lipinski definition) is 15. The normalized spacial score (nSPS) is 13.9. The van der Waals surface area contributed by atoms with Crippen LogP contribution in [0.4, 0.5) is 0 Å². The number of ketones is 4. The number of aliphatic hydroxyl groups is 1. The molecule has 0 radical (unpaired) electrons. The molecule has 268 valence electrons. The van der Waals surface area contributed by atoms with Gasteiger partial charge in [-0.1, -0.05) is 0 Å². The van der Waals surface area contributed by atoms with E-state index in [4.69, 9.17) is 38.2 Å². The van der Waals surface area contributed by atoms with Crippen molar-refractivity contribution in [3.05, 3.63) is 86.5 Å². The van der Waals surface area contributed by atoms with Crippen LogP contribution in [0.15, 0.2) is 35.0 Å².